The van der Waals surface area contributed by atoms with Gasteiger partial charge in [0.05, 0.1) is 22.4 Å². The maximum absolute atomic E-state index is 12.0. The van der Waals surface area contributed by atoms with Crippen LogP contribution in [-0.2, 0) is 4.79 Å². The molecule has 0 fully saturated rings. The summed E-state index contributed by atoms with van der Waals surface area (Å²) >= 11 is 7.03. The predicted octanol–water partition coefficient (Wildman–Crippen LogP) is 4.16. The van der Waals surface area contributed by atoms with Gasteiger partial charge in [-0.25, -0.2) is 0 Å². The number of rotatable bonds is 5. The van der Waals surface area contributed by atoms with Crippen molar-refractivity contribution >= 4 is 40.3 Å². The lowest BCUT2D eigenvalue weighted by molar-refractivity contribution is -0.116. The Hall–Kier alpha value is -2.05. The molecule has 2 aromatic rings. The van der Waals surface area contributed by atoms with E-state index in [4.69, 9.17) is 21.1 Å². The highest BCUT2D eigenvalue weighted by molar-refractivity contribution is 7.18. The zero-order chi connectivity index (χ0) is 16.9. The van der Waals surface area contributed by atoms with E-state index in [0.29, 0.717) is 39.6 Å². The predicted molar refractivity (Wildman–Crippen MR) is 93.6 cm³/mol. The van der Waals surface area contributed by atoms with Gasteiger partial charge in [-0.2, -0.15) is 0 Å². The Morgan fingerprint density at radius 2 is 1.88 bits per heavy atom. The second-order valence-electron chi connectivity index (χ2n) is 5.29. The van der Waals surface area contributed by atoms with Gasteiger partial charge < -0.3 is 14.8 Å². The molecule has 1 aliphatic heterocycles. The van der Waals surface area contributed by atoms with E-state index in [1.165, 1.54) is 11.3 Å². The number of hydrogen-bond donors (Lipinski definition) is 1. The minimum Gasteiger partial charge on any atom is -0.490 e. The van der Waals surface area contributed by atoms with Crippen molar-refractivity contribution in [1.29, 1.82) is 0 Å². The molecule has 3 rings (SSSR count). The fourth-order valence-corrected chi connectivity index (χ4v) is 3.29. The number of benzene rings is 1. The van der Waals surface area contributed by atoms with Crippen molar-refractivity contribution in [3.63, 3.8) is 0 Å². The molecule has 0 bridgehead atoms. The summed E-state index contributed by atoms with van der Waals surface area (Å²) in [6.45, 7) is 1.20. The first-order valence-corrected chi connectivity index (χ1v) is 8.79. The van der Waals surface area contributed by atoms with E-state index in [2.05, 4.69) is 5.32 Å². The number of anilines is 1. The van der Waals surface area contributed by atoms with E-state index in [1.54, 1.807) is 30.3 Å². The van der Waals surface area contributed by atoms with E-state index in [9.17, 15) is 9.59 Å². The lowest BCUT2D eigenvalue weighted by Gasteiger charge is -2.10. The molecule has 1 aliphatic rings. The number of carbonyl (C=O) groups is 2. The number of ether oxygens (including phenoxy) is 2. The third kappa shape index (κ3) is 4.27. The summed E-state index contributed by atoms with van der Waals surface area (Å²) in [5, 5.41) is 2.78. The first-order chi connectivity index (χ1) is 11.6. The number of Topliss-reactive ketones (excluding diaryl/α,β-unsaturated/α-hetero) is 1. The Morgan fingerprint density at radius 1 is 1.08 bits per heavy atom. The van der Waals surface area contributed by atoms with E-state index in [-0.39, 0.29) is 24.5 Å². The van der Waals surface area contributed by atoms with Crippen LogP contribution in [0, 0.1) is 0 Å². The molecule has 1 aromatic carbocycles. The Kier molecular flexibility index (Phi) is 5.37. The summed E-state index contributed by atoms with van der Waals surface area (Å²) in [4.78, 5) is 24.6. The first kappa shape index (κ1) is 16.8. The molecule has 0 radical (unpaired) electrons. The van der Waals surface area contributed by atoms with Crippen molar-refractivity contribution in [3.05, 3.63) is 39.5 Å². The van der Waals surface area contributed by atoms with Crippen LogP contribution in [0.3, 0.4) is 0 Å². The van der Waals surface area contributed by atoms with Crippen LogP contribution in [-0.4, -0.2) is 24.9 Å². The van der Waals surface area contributed by atoms with E-state index in [0.717, 1.165) is 6.42 Å². The highest BCUT2D eigenvalue weighted by atomic mass is 35.5. The van der Waals surface area contributed by atoms with E-state index < -0.39 is 0 Å². The third-order valence-electron chi connectivity index (χ3n) is 3.46. The lowest BCUT2D eigenvalue weighted by Crippen LogP contribution is -2.13. The molecule has 0 saturated heterocycles. The minimum atomic E-state index is -0.222. The Morgan fingerprint density at radius 3 is 2.62 bits per heavy atom. The van der Waals surface area contributed by atoms with Gasteiger partial charge >= 0.3 is 0 Å². The van der Waals surface area contributed by atoms with Crippen molar-refractivity contribution < 1.29 is 19.1 Å². The average molecular weight is 366 g/mol. The monoisotopic (exact) mass is 365 g/mol. The Balaban J connectivity index is 1.55. The summed E-state index contributed by atoms with van der Waals surface area (Å²) in [5.41, 5.74) is 0.621. The zero-order valence-electron chi connectivity index (χ0n) is 12.8. The molecule has 2 heterocycles. The van der Waals surface area contributed by atoms with Crippen LogP contribution in [0.15, 0.2) is 30.3 Å². The second-order valence-corrected chi connectivity index (χ2v) is 7.00. The molecule has 5 nitrogen and oxygen atoms in total. The fourth-order valence-electron chi connectivity index (χ4n) is 2.28. The van der Waals surface area contributed by atoms with Crippen molar-refractivity contribution in [3.8, 4) is 11.5 Å². The molecule has 1 N–H and O–H groups in total. The third-order valence-corrected chi connectivity index (χ3v) is 4.73. The van der Waals surface area contributed by atoms with Crippen LogP contribution in [0.4, 0.5) is 5.69 Å². The number of ketones is 1. The maximum atomic E-state index is 12.0. The summed E-state index contributed by atoms with van der Waals surface area (Å²) in [5.74, 6) is 0.992. The smallest absolute Gasteiger partial charge is 0.224 e. The van der Waals surface area contributed by atoms with Crippen LogP contribution >= 0.6 is 22.9 Å². The SMILES string of the molecule is O=C(CCC(=O)c1ccc(Cl)s1)Nc1ccc2c(c1)OCCCO2. The number of fused-ring (bicyclic) bond motifs is 1. The van der Waals surface area contributed by atoms with Gasteiger partial charge in [0.15, 0.2) is 17.3 Å². The molecular formula is C17H16ClNO4S. The summed E-state index contributed by atoms with van der Waals surface area (Å²) in [6, 6.07) is 8.62. The largest absolute Gasteiger partial charge is 0.490 e. The molecule has 0 aliphatic carbocycles. The molecule has 1 amide bonds. The van der Waals surface area contributed by atoms with Crippen LogP contribution in [0.5, 0.6) is 11.5 Å². The molecule has 1 aromatic heterocycles. The normalized spacial score (nSPS) is 13.2. The number of amides is 1. The minimum absolute atomic E-state index is 0.0827. The van der Waals surface area contributed by atoms with Crippen molar-refractivity contribution in [1.82, 2.24) is 0 Å². The van der Waals surface area contributed by atoms with Gasteiger partial charge in [0, 0.05) is 31.0 Å². The van der Waals surface area contributed by atoms with Crippen molar-refractivity contribution in [2.45, 2.75) is 19.3 Å². The molecule has 24 heavy (non-hydrogen) atoms. The Bertz CT molecular complexity index is 759. The second kappa shape index (κ2) is 7.68. The van der Waals surface area contributed by atoms with E-state index in [1.807, 2.05) is 0 Å². The number of thiophene rings is 1. The van der Waals surface area contributed by atoms with E-state index >= 15 is 0 Å². The zero-order valence-corrected chi connectivity index (χ0v) is 14.4. The molecule has 0 spiro atoms. The van der Waals surface area contributed by atoms with Crippen LogP contribution < -0.4 is 14.8 Å². The maximum Gasteiger partial charge on any atom is 0.224 e. The highest BCUT2D eigenvalue weighted by Gasteiger charge is 2.14. The lowest BCUT2D eigenvalue weighted by atomic mass is 10.2. The van der Waals surface area contributed by atoms with Gasteiger partial charge in [0.25, 0.3) is 0 Å². The topological polar surface area (TPSA) is 64.6 Å². The molecule has 126 valence electrons. The number of halogens is 1. The van der Waals surface area contributed by atoms with Crippen molar-refractivity contribution in [2.75, 3.05) is 18.5 Å². The van der Waals surface area contributed by atoms with Gasteiger partial charge in [-0.05, 0) is 24.3 Å². The Labute approximate surface area is 148 Å². The van der Waals surface area contributed by atoms with Crippen LogP contribution in [0.1, 0.15) is 28.9 Å². The number of nitrogens with one attached hydrogen (secondary N) is 1. The quantitative estimate of drug-likeness (QED) is 0.808. The molecule has 0 unspecified atom stereocenters. The number of hydrogen-bond acceptors (Lipinski definition) is 5. The van der Waals surface area contributed by atoms with Crippen LogP contribution in [0.2, 0.25) is 4.34 Å². The van der Waals surface area contributed by atoms with Gasteiger partial charge in [0.2, 0.25) is 5.91 Å². The average Bonchev–Trinajstić information content (AvgIpc) is 2.87. The number of carbonyl (C=O) groups excluding carboxylic acids is 2. The highest BCUT2D eigenvalue weighted by Crippen LogP contribution is 2.32. The van der Waals surface area contributed by atoms with Gasteiger partial charge in [0.1, 0.15) is 0 Å². The fraction of sp³-hybridized carbons (Fsp3) is 0.294. The van der Waals surface area contributed by atoms with Crippen molar-refractivity contribution in [2.24, 2.45) is 0 Å². The standard InChI is InChI=1S/C17H16ClNO4S/c18-16-6-5-15(24-16)12(20)3-7-17(21)19-11-2-4-13-14(10-11)23-9-1-8-22-13/h2,4-6,10H,1,3,7-9H2,(H,19,21). The molecular weight excluding hydrogens is 350 g/mol. The van der Waals surface area contributed by atoms with Gasteiger partial charge in [-0.1, -0.05) is 11.6 Å². The summed E-state index contributed by atoms with van der Waals surface area (Å²) in [6.07, 6.45) is 1.08. The van der Waals surface area contributed by atoms with Crippen LogP contribution in [0.25, 0.3) is 0 Å². The van der Waals surface area contributed by atoms with Gasteiger partial charge in [-0.3, -0.25) is 9.59 Å². The molecule has 0 atom stereocenters. The summed E-state index contributed by atoms with van der Waals surface area (Å²) < 4.78 is 11.7. The van der Waals surface area contributed by atoms with Gasteiger partial charge in [-0.15, -0.1) is 11.3 Å². The molecule has 7 heteroatoms. The summed E-state index contributed by atoms with van der Waals surface area (Å²) in [7, 11) is 0. The first-order valence-electron chi connectivity index (χ1n) is 7.60. The molecule has 0 saturated carbocycles.